The summed E-state index contributed by atoms with van der Waals surface area (Å²) in [5.74, 6) is 0. The van der Waals surface area contributed by atoms with E-state index >= 15 is 0 Å². The number of carbonyl (C=O) groups excluding carboxylic acids is 1. The molecule has 98 valence electrons. The monoisotopic (exact) mass is 249 g/mol. The van der Waals surface area contributed by atoms with E-state index in [1.807, 2.05) is 18.2 Å². The number of hydrogen-bond acceptors (Lipinski definition) is 3. The second-order valence-corrected chi connectivity index (χ2v) is 4.53. The molecule has 1 N–H and O–H groups in total. The molecule has 0 spiro atoms. The number of aliphatic hydroxyl groups is 1. The van der Waals surface area contributed by atoms with E-state index in [-0.39, 0.29) is 18.7 Å². The molecule has 0 aliphatic carbocycles. The first kappa shape index (κ1) is 12.9. The Balaban J connectivity index is 2.34. The highest BCUT2D eigenvalue weighted by Crippen LogP contribution is 2.33. The zero-order chi connectivity index (χ0) is 13.1. The molecule has 1 heterocycles. The number of fused-ring (bicyclic) bond motifs is 1. The number of nitrogens with zero attached hydrogens (tertiary/aromatic N) is 1. The molecule has 0 bridgehead atoms. The van der Waals surface area contributed by atoms with Gasteiger partial charge in [0.25, 0.3) is 0 Å². The van der Waals surface area contributed by atoms with Gasteiger partial charge in [-0.15, -0.1) is 0 Å². The van der Waals surface area contributed by atoms with Gasteiger partial charge in [0.15, 0.2) is 0 Å². The van der Waals surface area contributed by atoms with Crippen LogP contribution >= 0.6 is 0 Å². The molecule has 4 nitrogen and oxygen atoms in total. The van der Waals surface area contributed by atoms with Crippen molar-refractivity contribution in [3.8, 4) is 0 Å². The minimum absolute atomic E-state index is 0.0603. The van der Waals surface area contributed by atoms with Gasteiger partial charge < -0.3 is 14.7 Å². The van der Waals surface area contributed by atoms with E-state index in [2.05, 4.69) is 6.92 Å². The summed E-state index contributed by atoms with van der Waals surface area (Å²) < 4.78 is 4.83. The summed E-state index contributed by atoms with van der Waals surface area (Å²) in [6, 6.07) is 6.05. The van der Waals surface area contributed by atoms with Crippen molar-refractivity contribution >= 4 is 6.09 Å². The maximum Gasteiger partial charge on any atom is 0.410 e. The Kier molecular flexibility index (Phi) is 3.87. The molecule has 1 aromatic carbocycles. The Morgan fingerprint density at radius 2 is 2.33 bits per heavy atom. The van der Waals surface area contributed by atoms with E-state index < -0.39 is 0 Å². The summed E-state index contributed by atoms with van der Waals surface area (Å²) in [5, 5.41) is 9.16. The van der Waals surface area contributed by atoms with E-state index in [0.29, 0.717) is 6.54 Å². The first-order valence-electron chi connectivity index (χ1n) is 6.28. The van der Waals surface area contributed by atoms with Crippen molar-refractivity contribution in [3.05, 3.63) is 34.9 Å². The predicted molar refractivity (Wildman–Crippen MR) is 68.2 cm³/mol. The molecule has 0 saturated heterocycles. The lowest BCUT2D eigenvalue weighted by atomic mass is 9.90. The van der Waals surface area contributed by atoms with Crippen LogP contribution in [0.15, 0.2) is 18.2 Å². The van der Waals surface area contributed by atoms with Crippen LogP contribution in [0.5, 0.6) is 0 Å². The largest absolute Gasteiger partial charge is 0.453 e. The summed E-state index contributed by atoms with van der Waals surface area (Å²) in [6.45, 7) is 2.80. The van der Waals surface area contributed by atoms with Gasteiger partial charge in [-0.3, -0.25) is 0 Å². The van der Waals surface area contributed by atoms with Gasteiger partial charge in [0.05, 0.1) is 19.8 Å². The van der Waals surface area contributed by atoms with Gasteiger partial charge in [-0.2, -0.15) is 0 Å². The van der Waals surface area contributed by atoms with Crippen LogP contribution in [0, 0.1) is 0 Å². The van der Waals surface area contributed by atoms with Crippen LogP contribution in [-0.4, -0.2) is 29.8 Å². The zero-order valence-electron chi connectivity index (χ0n) is 10.8. The summed E-state index contributed by atoms with van der Waals surface area (Å²) in [7, 11) is 1.42. The third-order valence-electron chi connectivity index (χ3n) is 3.54. The van der Waals surface area contributed by atoms with Gasteiger partial charge in [0.1, 0.15) is 0 Å². The molecule has 1 aliphatic rings. The first-order chi connectivity index (χ1) is 8.71. The molecule has 0 radical (unpaired) electrons. The van der Waals surface area contributed by atoms with E-state index in [0.717, 1.165) is 18.4 Å². The lowest BCUT2D eigenvalue weighted by molar-refractivity contribution is 0.0995. The second-order valence-electron chi connectivity index (χ2n) is 4.53. The number of rotatable bonds is 2. The number of ether oxygens (including phenoxy) is 1. The maximum absolute atomic E-state index is 11.7. The number of methoxy groups -OCH3 is 1. The molecule has 4 heteroatoms. The summed E-state index contributed by atoms with van der Waals surface area (Å²) >= 11 is 0. The molecule has 1 atom stereocenters. The first-order valence-corrected chi connectivity index (χ1v) is 6.28. The average Bonchev–Trinajstić information content (AvgIpc) is 2.44. The molecule has 1 aliphatic heterocycles. The number of amides is 1. The van der Waals surface area contributed by atoms with E-state index in [4.69, 9.17) is 9.84 Å². The molecule has 1 aromatic rings. The molecule has 0 saturated carbocycles. The van der Waals surface area contributed by atoms with Crippen LogP contribution in [0.25, 0.3) is 0 Å². The van der Waals surface area contributed by atoms with Gasteiger partial charge >= 0.3 is 6.09 Å². The third-order valence-corrected chi connectivity index (χ3v) is 3.54. The fourth-order valence-electron chi connectivity index (χ4n) is 2.64. The summed E-state index contributed by atoms with van der Waals surface area (Å²) in [6.07, 6.45) is 1.41. The number of hydrogen-bond donors (Lipinski definition) is 1. The van der Waals surface area contributed by atoms with Crippen molar-refractivity contribution in [2.24, 2.45) is 0 Å². The molecular formula is C14H19NO3. The quantitative estimate of drug-likeness (QED) is 0.874. The van der Waals surface area contributed by atoms with Crippen LogP contribution in [0.1, 0.15) is 36.1 Å². The normalized spacial score (nSPS) is 18.4. The Hall–Kier alpha value is -1.55. The highest BCUT2D eigenvalue weighted by Gasteiger charge is 2.30. The summed E-state index contributed by atoms with van der Waals surface area (Å²) in [5.41, 5.74) is 3.33. The number of carbonyl (C=O) groups is 1. The Morgan fingerprint density at radius 3 is 2.94 bits per heavy atom. The van der Waals surface area contributed by atoms with Crippen molar-refractivity contribution in [1.82, 2.24) is 4.90 Å². The Morgan fingerprint density at radius 1 is 1.56 bits per heavy atom. The topological polar surface area (TPSA) is 49.8 Å². The molecule has 18 heavy (non-hydrogen) atoms. The highest BCUT2D eigenvalue weighted by molar-refractivity contribution is 5.69. The smallest absolute Gasteiger partial charge is 0.410 e. The van der Waals surface area contributed by atoms with Crippen LogP contribution in [0.2, 0.25) is 0 Å². The minimum atomic E-state index is -0.265. The fourth-order valence-corrected chi connectivity index (χ4v) is 2.64. The minimum Gasteiger partial charge on any atom is -0.453 e. The standard InChI is InChI=1S/C14H19NO3/c1-3-13-12-5-4-10(9-16)8-11(12)6-7-15(13)14(17)18-2/h4-5,8,13,16H,3,6-7,9H2,1-2H3. The average molecular weight is 249 g/mol. The van der Waals surface area contributed by atoms with Gasteiger partial charge in [0, 0.05) is 6.54 Å². The second kappa shape index (κ2) is 5.40. The number of benzene rings is 1. The maximum atomic E-state index is 11.7. The van der Waals surface area contributed by atoms with Crippen LogP contribution in [0.3, 0.4) is 0 Å². The van der Waals surface area contributed by atoms with Crippen LogP contribution in [-0.2, 0) is 17.8 Å². The molecular weight excluding hydrogens is 230 g/mol. The van der Waals surface area contributed by atoms with E-state index in [1.165, 1.54) is 18.2 Å². The lowest BCUT2D eigenvalue weighted by Crippen LogP contribution is -2.39. The Labute approximate surface area is 107 Å². The third kappa shape index (κ3) is 2.20. The van der Waals surface area contributed by atoms with E-state index in [9.17, 15) is 4.79 Å². The number of aliphatic hydroxyl groups excluding tert-OH is 1. The van der Waals surface area contributed by atoms with Crippen LogP contribution in [0.4, 0.5) is 4.79 Å². The molecule has 1 amide bonds. The fraction of sp³-hybridized carbons (Fsp3) is 0.500. The van der Waals surface area contributed by atoms with Gasteiger partial charge in [-0.1, -0.05) is 25.1 Å². The SMILES string of the molecule is CCC1c2ccc(CO)cc2CCN1C(=O)OC. The molecule has 2 rings (SSSR count). The van der Waals surface area contributed by atoms with Gasteiger partial charge in [-0.25, -0.2) is 4.79 Å². The van der Waals surface area contributed by atoms with Crippen molar-refractivity contribution in [3.63, 3.8) is 0 Å². The Bertz CT molecular complexity index is 445. The van der Waals surface area contributed by atoms with Gasteiger partial charge in [-0.05, 0) is 29.5 Å². The lowest BCUT2D eigenvalue weighted by Gasteiger charge is -2.36. The van der Waals surface area contributed by atoms with Crippen molar-refractivity contribution in [2.75, 3.05) is 13.7 Å². The molecule has 0 fully saturated rings. The predicted octanol–water partition coefficient (Wildman–Crippen LogP) is 2.25. The van der Waals surface area contributed by atoms with Crippen molar-refractivity contribution in [1.29, 1.82) is 0 Å². The molecule has 0 aromatic heterocycles. The van der Waals surface area contributed by atoms with Gasteiger partial charge in [0.2, 0.25) is 0 Å². The van der Waals surface area contributed by atoms with E-state index in [1.54, 1.807) is 4.90 Å². The summed E-state index contributed by atoms with van der Waals surface area (Å²) in [4.78, 5) is 13.5. The molecule has 1 unspecified atom stereocenters. The van der Waals surface area contributed by atoms with Crippen molar-refractivity contribution in [2.45, 2.75) is 32.4 Å². The van der Waals surface area contributed by atoms with Crippen LogP contribution < -0.4 is 0 Å². The zero-order valence-corrected chi connectivity index (χ0v) is 10.8. The van der Waals surface area contributed by atoms with Crippen molar-refractivity contribution < 1.29 is 14.6 Å². The highest BCUT2D eigenvalue weighted by atomic mass is 16.5.